The van der Waals surface area contributed by atoms with Crippen molar-refractivity contribution >= 4 is 7.60 Å². The highest BCUT2D eigenvalue weighted by molar-refractivity contribution is 7.51. The van der Waals surface area contributed by atoms with Crippen molar-refractivity contribution in [3.63, 3.8) is 0 Å². The minimum atomic E-state index is -3.56. The summed E-state index contributed by atoms with van der Waals surface area (Å²) in [6.45, 7) is 2.46. The molecule has 1 fully saturated rings. The van der Waals surface area contributed by atoms with Crippen LogP contribution in [-0.4, -0.2) is 52.8 Å². The first-order chi connectivity index (χ1) is 6.31. The summed E-state index contributed by atoms with van der Waals surface area (Å²) in [4.78, 5) is 8.83. The first-order valence-electron chi connectivity index (χ1n) is 4.27. The smallest absolute Gasteiger partial charge is 0.325 e. The van der Waals surface area contributed by atoms with Gasteiger partial charge < -0.3 is 24.4 Å². The van der Waals surface area contributed by atoms with Crippen molar-refractivity contribution in [1.29, 1.82) is 0 Å². The molecule has 1 rings (SSSR count). The Hall–Kier alpha value is 0.0300. The molecule has 6 nitrogen and oxygen atoms in total. The van der Waals surface area contributed by atoms with Crippen LogP contribution in [0, 0.1) is 0 Å². The van der Waals surface area contributed by atoms with Gasteiger partial charge in [-0.25, -0.2) is 0 Å². The van der Waals surface area contributed by atoms with Crippen LogP contribution >= 0.6 is 7.60 Å². The molecule has 3 N–H and O–H groups in total. The van der Waals surface area contributed by atoms with Crippen molar-refractivity contribution in [2.75, 3.05) is 13.3 Å². The summed E-state index contributed by atoms with van der Waals surface area (Å²) in [6.07, 6.45) is -3.29. The lowest BCUT2D eigenvalue weighted by Gasteiger charge is -2.15. The molecule has 2 unspecified atom stereocenters. The molecule has 0 bridgehead atoms. The fourth-order valence-corrected chi connectivity index (χ4v) is 1.71. The number of aliphatic hydroxyl groups excluding tert-OH is 2. The molecule has 7 heteroatoms. The van der Waals surface area contributed by atoms with E-state index in [0.717, 1.165) is 6.66 Å². The maximum absolute atomic E-state index is 10.8. The van der Waals surface area contributed by atoms with E-state index >= 15 is 0 Å². The molecule has 1 saturated heterocycles. The van der Waals surface area contributed by atoms with E-state index in [1.54, 1.807) is 6.92 Å². The molecule has 0 radical (unpaired) electrons. The molecule has 0 aromatic carbocycles. The summed E-state index contributed by atoms with van der Waals surface area (Å²) >= 11 is 0. The van der Waals surface area contributed by atoms with Crippen LogP contribution < -0.4 is 0 Å². The van der Waals surface area contributed by atoms with Gasteiger partial charge in [0.05, 0.1) is 12.7 Å². The van der Waals surface area contributed by atoms with E-state index in [1.165, 1.54) is 0 Å². The predicted octanol–water partition coefficient (Wildman–Crippen LogP) is -0.673. The Balaban J connectivity index is 2.44. The van der Waals surface area contributed by atoms with Crippen LogP contribution in [0.2, 0.25) is 0 Å². The highest BCUT2D eigenvalue weighted by atomic mass is 31.2. The van der Waals surface area contributed by atoms with Crippen molar-refractivity contribution < 1.29 is 28.9 Å². The predicted molar refractivity (Wildman–Crippen MR) is 48.0 cm³/mol. The molecule has 1 heterocycles. The van der Waals surface area contributed by atoms with Gasteiger partial charge in [-0.3, -0.25) is 4.57 Å². The van der Waals surface area contributed by atoms with Crippen molar-refractivity contribution in [3.05, 3.63) is 0 Å². The van der Waals surface area contributed by atoms with E-state index in [9.17, 15) is 14.8 Å². The van der Waals surface area contributed by atoms with Crippen molar-refractivity contribution in [2.45, 2.75) is 31.3 Å². The van der Waals surface area contributed by atoms with E-state index in [2.05, 4.69) is 4.52 Å². The zero-order valence-electron chi connectivity index (χ0n) is 8.03. The minimum absolute atomic E-state index is 0.202. The maximum Gasteiger partial charge on any atom is 0.325 e. The SMILES string of the molecule is C[C@@H]1O[C@H](COP(C)(=O)O)[C@H](O)C1O. The fraction of sp³-hybridized carbons (Fsp3) is 1.00. The first kappa shape index (κ1) is 12.1. The summed E-state index contributed by atoms with van der Waals surface area (Å²) in [5, 5.41) is 18.7. The molecular formula is C7H15O6P. The maximum atomic E-state index is 10.8. The number of rotatable bonds is 3. The van der Waals surface area contributed by atoms with Crippen LogP contribution in [-0.2, 0) is 13.8 Å². The van der Waals surface area contributed by atoms with E-state index in [0.29, 0.717) is 0 Å². The van der Waals surface area contributed by atoms with E-state index in [1.807, 2.05) is 0 Å². The molecule has 0 aromatic rings. The lowest BCUT2D eigenvalue weighted by molar-refractivity contribution is -0.0127. The van der Waals surface area contributed by atoms with Crippen molar-refractivity contribution in [3.8, 4) is 0 Å². The van der Waals surface area contributed by atoms with Gasteiger partial charge in [0, 0.05) is 6.66 Å². The molecule has 0 spiro atoms. The van der Waals surface area contributed by atoms with Gasteiger partial charge in [0.25, 0.3) is 0 Å². The van der Waals surface area contributed by atoms with Crippen LogP contribution in [0.1, 0.15) is 6.92 Å². The van der Waals surface area contributed by atoms with Crippen LogP contribution in [0.4, 0.5) is 0 Å². The van der Waals surface area contributed by atoms with Gasteiger partial charge in [-0.1, -0.05) is 0 Å². The van der Waals surface area contributed by atoms with E-state index in [-0.39, 0.29) is 6.61 Å². The highest BCUT2D eigenvalue weighted by Gasteiger charge is 2.40. The number of hydrogen-bond acceptors (Lipinski definition) is 5. The second kappa shape index (κ2) is 4.26. The Morgan fingerprint density at radius 3 is 2.36 bits per heavy atom. The molecule has 0 aliphatic carbocycles. The Bertz CT molecular complexity index is 238. The number of hydrogen-bond donors (Lipinski definition) is 3. The molecule has 1 aliphatic heterocycles. The van der Waals surface area contributed by atoms with Gasteiger partial charge in [-0.05, 0) is 6.92 Å². The van der Waals surface area contributed by atoms with Crippen molar-refractivity contribution in [1.82, 2.24) is 0 Å². The first-order valence-corrected chi connectivity index (χ1v) is 6.30. The number of aliphatic hydroxyl groups is 2. The summed E-state index contributed by atoms with van der Waals surface area (Å²) < 4.78 is 20.5. The van der Waals surface area contributed by atoms with Gasteiger partial charge in [0.2, 0.25) is 0 Å². The quantitative estimate of drug-likeness (QED) is 0.552. The molecule has 5 atom stereocenters. The summed E-state index contributed by atoms with van der Waals surface area (Å²) in [6, 6.07) is 0. The average Bonchev–Trinajstić information content (AvgIpc) is 2.28. The molecule has 1 aliphatic rings. The lowest BCUT2D eigenvalue weighted by Crippen LogP contribution is -2.33. The molecule has 14 heavy (non-hydrogen) atoms. The van der Waals surface area contributed by atoms with Crippen molar-refractivity contribution in [2.24, 2.45) is 0 Å². The summed E-state index contributed by atoms with van der Waals surface area (Å²) in [5.41, 5.74) is 0. The Morgan fingerprint density at radius 2 is 2.00 bits per heavy atom. The monoisotopic (exact) mass is 226 g/mol. The third-order valence-electron chi connectivity index (χ3n) is 2.08. The second-order valence-electron chi connectivity index (χ2n) is 3.46. The normalized spacial score (nSPS) is 42.4. The third-order valence-corrected chi connectivity index (χ3v) is 2.71. The van der Waals surface area contributed by atoms with Crippen LogP contribution in [0.5, 0.6) is 0 Å². The average molecular weight is 226 g/mol. The van der Waals surface area contributed by atoms with Crippen LogP contribution in [0.15, 0.2) is 0 Å². The molecule has 0 saturated carbocycles. The fourth-order valence-electron chi connectivity index (χ4n) is 1.28. The number of ether oxygens (including phenoxy) is 1. The van der Waals surface area contributed by atoms with Crippen LogP contribution in [0.3, 0.4) is 0 Å². The van der Waals surface area contributed by atoms with Crippen LogP contribution in [0.25, 0.3) is 0 Å². The molecule has 84 valence electrons. The largest absolute Gasteiger partial charge is 0.388 e. The van der Waals surface area contributed by atoms with Gasteiger partial charge in [-0.15, -0.1) is 0 Å². The van der Waals surface area contributed by atoms with E-state index < -0.39 is 32.0 Å². The highest BCUT2D eigenvalue weighted by Crippen LogP contribution is 2.37. The zero-order chi connectivity index (χ0) is 10.9. The lowest BCUT2D eigenvalue weighted by atomic mass is 10.1. The summed E-state index contributed by atoms with van der Waals surface area (Å²) in [5.74, 6) is 0. The minimum Gasteiger partial charge on any atom is -0.388 e. The zero-order valence-corrected chi connectivity index (χ0v) is 8.92. The molecule has 0 aromatic heterocycles. The second-order valence-corrected chi connectivity index (χ2v) is 5.32. The van der Waals surface area contributed by atoms with Gasteiger partial charge in [-0.2, -0.15) is 0 Å². The Morgan fingerprint density at radius 1 is 1.43 bits per heavy atom. The Labute approximate surface area is 82.0 Å². The molecule has 0 amide bonds. The topological polar surface area (TPSA) is 96.2 Å². The standard InChI is InChI=1S/C7H15O6P/c1-4-6(8)7(9)5(13-4)3-12-14(2,10)11/h4-9H,3H2,1-2H3,(H,10,11)/t4-,5+,6?,7-/m0/s1. The van der Waals surface area contributed by atoms with Gasteiger partial charge in [0.1, 0.15) is 18.3 Å². The third kappa shape index (κ3) is 3.02. The molecular weight excluding hydrogens is 211 g/mol. The van der Waals surface area contributed by atoms with Gasteiger partial charge >= 0.3 is 7.60 Å². The van der Waals surface area contributed by atoms with Gasteiger partial charge in [0.15, 0.2) is 0 Å². The summed E-state index contributed by atoms with van der Waals surface area (Å²) in [7, 11) is -3.56. The van der Waals surface area contributed by atoms with E-state index in [4.69, 9.17) is 9.63 Å². The Kier molecular flexibility index (Phi) is 3.69.